The van der Waals surface area contributed by atoms with Crippen molar-refractivity contribution in [2.24, 2.45) is 7.05 Å². The van der Waals surface area contributed by atoms with E-state index >= 15 is 0 Å². The molecule has 10 heteroatoms. The van der Waals surface area contributed by atoms with Crippen LogP contribution in [-0.2, 0) is 7.05 Å². The van der Waals surface area contributed by atoms with Gasteiger partial charge in [-0.1, -0.05) is 18.2 Å². The summed E-state index contributed by atoms with van der Waals surface area (Å²) in [5.41, 5.74) is 4.60. The second-order valence-electron chi connectivity index (χ2n) is 11.4. The number of carboxylic acids is 1. The first-order valence-corrected chi connectivity index (χ1v) is 14.2. The number of carbonyl (C=O) groups excluding carboxylic acids is 2. The predicted octanol–water partition coefficient (Wildman–Crippen LogP) is 5.07. The molecule has 1 amide bonds. The predicted molar refractivity (Wildman–Crippen MR) is 159 cm³/mol. The standard InChI is InChI=1S/C33H29N5O5/c1-20-26-8-6-22(16-28(26)38(35-20)25-5-3-4-23(14-25)32(41)42)31(40)37-12-10-33(11-13-37)17-29(39)27-15-21(7-9-30(27)43-33)24-18-34-36(2)19-24/h3-9,14-16,18-19H,10-13,17H2,1-2H3,(H,41,42). The molecule has 1 N–H and O–H groups in total. The number of Topliss-reactive ketones (excluding diaryl/α,β-unsaturated/α-hetero) is 1. The Balaban J connectivity index is 1.10. The third-order valence-electron chi connectivity index (χ3n) is 8.54. The van der Waals surface area contributed by atoms with E-state index in [0.717, 1.165) is 27.7 Å². The van der Waals surface area contributed by atoms with Gasteiger partial charge in [0.25, 0.3) is 5.91 Å². The van der Waals surface area contributed by atoms with E-state index in [2.05, 4.69) is 10.2 Å². The van der Waals surface area contributed by atoms with Gasteiger partial charge >= 0.3 is 5.97 Å². The maximum Gasteiger partial charge on any atom is 0.335 e. The van der Waals surface area contributed by atoms with Crippen molar-refractivity contribution in [3.8, 4) is 22.6 Å². The molecule has 1 spiro atoms. The average Bonchev–Trinajstić information content (AvgIpc) is 3.59. The minimum atomic E-state index is -1.02. The van der Waals surface area contributed by atoms with Crippen molar-refractivity contribution >= 4 is 28.6 Å². The first-order chi connectivity index (χ1) is 20.7. The van der Waals surface area contributed by atoms with Crippen molar-refractivity contribution < 1.29 is 24.2 Å². The number of nitrogens with zero attached hydrogens (tertiary/aromatic N) is 5. The molecule has 3 aromatic carbocycles. The SMILES string of the molecule is Cc1nn(-c2cccc(C(=O)O)c2)c2cc(C(=O)N3CCC4(CC3)CC(=O)c3cc(-c5cnn(C)c5)ccc3O4)ccc12. The van der Waals surface area contributed by atoms with Gasteiger partial charge in [0.15, 0.2) is 5.78 Å². The Morgan fingerprint density at radius 1 is 0.977 bits per heavy atom. The van der Waals surface area contributed by atoms with Crippen LogP contribution in [0.3, 0.4) is 0 Å². The molecule has 0 radical (unpaired) electrons. The molecule has 7 rings (SSSR count). The molecule has 4 heterocycles. The highest BCUT2D eigenvalue weighted by molar-refractivity contribution is 6.02. The van der Waals surface area contributed by atoms with E-state index in [0.29, 0.717) is 48.5 Å². The van der Waals surface area contributed by atoms with Crippen LogP contribution < -0.4 is 4.74 Å². The minimum Gasteiger partial charge on any atom is -0.486 e. The number of aromatic carboxylic acids is 1. The molecule has 1 fully saturated rings. The normalized spacial score (nSPS) is 15.9. The molecule has 2 aliphatic heterocycles. The second-order valence-corrected chi connectivity index (χ2v) is 11.4. The van der Waals surface area contributed by atoms with Crippen LogP contribution in [0.25, 0.3) is 27.7 Å². The van der Waals surface area contributed by atoms with E-state index in [1.54, 1.807) is 44.7 Å². The van der Waals surface area contributed by atoms with Crippen LogP contribution in [-0.4, -0.2) is 65.9 Å². The number of ether oxygens (including phenoxy) is 1. The summed E-state index contributed by atoms with van der Waals surface area (Å²) in [6.07, 6.45) is 5.06. The molecule has 1 saturated heterocycles. The maximum absolute atomic E-state index is 13.7. The van der Waals surface area contributed by atoms with Gasteiger partial charge in [0, 0.05) is 55.7 Å². The number of amides is 1. The van der Waals surface area contributed by atoms with Crippen molar-refractivity contribution in [1.29, 1.82) is 0 Å². The van der Waals surface area contributed by atoms with Crippen LogP contribution in [0.5, 0.6) is 5.75 Å². The summed E-state index contributed by atoms with van der Waals surface area (Å²) in [7, 11) is 1.86. The Labute approximate surface area is 247 Å². The molecular formula is C33H29N5O5. The number of rotatable bonds is 4. The lowest BCUT2D eigenvalue weighted by atomic mass is 9.82. The number of fused-ring (bicyclic) bond motifs is 2. The van der Waals surface area contributed by atoms with Gasteiger partial charge in [-0.05, 0) is 55.0 Å². The molecule has 5 aromatic rings. The van der Waals surface area contributed by atoms with Gasteiger partial charge in [0.05, 0.1) is 40.6 Å². The zero-order valence-electron chi connectivity index (χ0n) is 23.8. The summed E-state index contributed by atoms with van der Waals surface area (Å²) in [4.78, 5) is 40.3. The fourth-order valence-electron chi connectivity index (χ4n) is 6.19. The van der Waals surface area contributed by atoms with E-state index in [9.17, 15) is 19.5 Å². The topological polar surface area (TPSA) is 120 Å². The van der Waals surface area contributed by atoms with Gasteiger partial charge in [-0.25, -0.2) is 9.48 Å². The van der Waals surface area contributed by atoms with Crippen LogP contribution in [0, 0.1) is 6.92 Å². The third-order valence-corrected chi connectivity index (χ3v) is 8.54. The Kier molecular flexibility index (Phi) is 6.16. The molecule has 0 atom stereocenters. The molecule has 0 unspecified atom stereocenters. The summed E-state index contributed by atoms with van der Waals surface area (Å²) in [6, 6.07) is 17.7. The van der Waals surface area contributed by atoms with Crippen molar-refractivity contribution in [1.82, 2.24) is 24.5 Å². The summed E-state index contributed by atoms with van der Waals surface area (Å²) in [6.45, 7) is 2.81. The van der Waals surface area contributed by atoms with E-state index in [1.807, 2.05) is 50.5 Å². The first-order valence-electron chi connectivity index (χ1n) is 14.2. The van der Waals surface area contributed by atoms with E-state index in [4.69, 9.17) is 4.74 Å². The highest BCUT2D eigenvalue weighted by Crippen LogP contribution is 2.41. The van der Waals surface area contributed by atoms with Gasteiger partial charge < -0.3 is 14.7 Å². The molecule has 0 saturated carbocycles. The Hall–Kier alpha value is -5.25. The average molecular weight is 576 g/mol. The number of carbonyl (C=O) groups is 3. The van der Waals surface area contributed by atoms with Crippen LogP contribution in [0.2, 0.25) is 0 Å². The minimum absolute atomic E-state index is 0.0489. The van der Waals surface area contributed by atoms with E-state index < -0.39 is 11.6 Å². The quantitative estimate of drug-likeness (QED) is 0.318. The highest BCUT2D eigenvalue weighted by atomic mass is 16.5. The molecule has 2 aromatic heterocycles. The summed E-state index contributed by atoms with van der Waals surface area (Å²) >= 11 is 0. The van der Waals surface area contributed by atoms with Crippen molar-refractivity contribution in [2.75, 3.05) is 13.1 Å². The third kappa shape index (κ3) is 4.64. The number of benzene rings is 3. The molecule has 10 nitrogen and oxygen atoms in total. The largest absolute Gasteiger partial charge is 0.486 e. The number of hydrogen-bond donors (Lipinski definition) is 1. The number of aromatic nitrogens is 4. The van der Waals surface area contributed by atoms with Gasteiger partial charge in [-0.2, -0.15) is 10.2 Å². The van der Waals surface area contributed by atoms with Crippen molar-refractivity contribution in [3.63, 3.8) is 0 Å². The lowest BCUT2D eigenvalue weighted by molar-refractivity contribution is -0.00571. The summed E-state index contributed by atoms with van der Waals surface area (Å²) in [5.74, 6) is -0.488. The molecule has 0 aliphatic carbocycles. The fourth-order valence-corrected chi connectivity index (χ4v) is 6.19. The smallest absolute Gasteiger partial charge is 0.335 e. The van der Waals surface area contributed by atoms with E-state index in [-0.39, 0.29) is 23.7 Å². The van der Waals surface area contributed by atoms with Crippen molar-refractivity contribution in [2.45, 2.75) is 31.8 Å². The van der Waals surface area contributed by atoms with Crippen molar-refractivity contribution in [3.05, 3.63) is 95.4 Å². The summed E-state index contributed by atoms with van der Waals surface area (Å²) in [5, 5.41) is 19.2. The van der Waals surface area contributed by atoms with Crippen LogP contribution in [0.1, 0.15) is 56.0 Å². The lowest BCUT2D eigenvalue weighted by Crippen LogP contribution is -2.52. The Morgan fingerprint density at radius 2 is 1.79 bits per heavy atom. The zero-order valence-corrected chi connectivity index (χ0v) is 23.8. The number of ketones is 1. The molecule has 2 aliphatic rings. The fraction of sp³-hybridized carbons (Fsp3) is 0.242. The number of hydrogen-bond acceptors (Lipinski definition) is 6. The zero-order chi connectivity index (χ0) is 29.9. The molecule has 216 valence electrons. The Bertz CT molecular complexity index is 1950. The molecule has 43 heavy (non-hydrogen) atoms. The Morgan fingerprint density at radius 3 is 2.53 bits per heavy atom. The number of carboxylic acid groups (broad SMARTS) is 1. The molecular weight excluding hydrogens is 546 g/mol. The van der Waals surface area contributed by atoms with Gasteiger partial charge in [-0.15, -0.1) is 0 Å². The highest BCUT2D eigenvalue weighted by Gasteiger charge is 2.44. The second kappa shape index (κ2) is 9.94. The van der Waals surface area contributed by atoms with Crippen LogP contribution in [0.4, 0.5) is 0 Å². The molecule has 0 bridgehead atoms. The lowest BCUT2D eigenvalue weighted by Gasteiger charge is -2.44. The van der Waals surface area contributed by atoms with Gasteiger partial charge in [0.2, 0.25) is 0 Å². The van der Waals surface area contributed by atoms with Gasteiger partial charge in [0.1, 0.15) is 11.4 Å². The maximum atomic E-state index is 13.7. The summed E-state index contributed by atoms with van der Waals surface area (Å²) < 4.78 is 9.88. The number of likely N-dealkylation sites (tertiary alicyclic amines) is 1. The number of aryl methyl sites for hydroxylation is 2. The number of piperidine rings is 1. The monoisotopic (exact) mass is 575 g/mol. The van der Waals surface area contributed by atoms with Crippen LogP contribution in [0.15, 0.2) is 73.1 Å². The van der Waals surface area contributed by atoms with E-state index in [1.165, 1.54) is 6.07 Å². The van der Waals surface area contributed by atoms with Crippen LogP contribution >= 0.6 is 0 Å². The van der Waals surface area contributed by atoms with Gasteiger partial charge in [-0.3, -0.25) is 14.3 Å². The first kappa shape index (κ1) is 26.6.